The summed E-state index contributed by atoms with van der Waals surface area (Å²) in [5.41, 5.74) is 1.08. The van der Waals surface area contributed by atoms with Gasteiger partial charge in [0, 0.05) is 57.0 Å². The summed E-state index contributed by atoms with van der Waals surface area (Å²) in [6.07, 6.45) is 3.32. The van der Waals surface area contributed by atoms with Crippen LogP contribution in [0.2, 0.25) is 0 Å². The van der Waals surface area contributed by atoms with Crippen LogP contribution in [0.25, 0.3) is 0 Å². The van der Waals surface area contributed by atoms with E-state index >= 15 is 0 Å². The number of hydrogen-bond acceptors (Lipinski definition) is 4. The van der Waals surface area contributed by atoms with Crippen molar-refractivity contribution in [2.75, 3.05) is 38.1 Å². The molecule has 0 unspecified atom stereocenters. The third-order valence-electron chi connectivity index (χ3n) is 5.47. The molecular weight excluding hydrogens is 475 g/mol. The van der Waals surface area contributed by atoms with Crippen LogP contribution in [0.15, 0.2) is 23.2 Å². The van der Waals surface area contributed by atoms with Crippen LogP contribution in [0.4, 0.5) is 5.82 Å². The molecule has 166 valence electrons. The molecular formula is C22H41IN6. The summed E-state index contributed by atoms with van der Waals surface area (Å²) in [5, 5.41) is 7.09. The second-order valence-electron chi connectivity index (χ2n) is 8.32. The molecule has 2 rings (SSSR count). The smallest absolute Gasteiger partial charge is 0.191 e. The predicted octanol–water partition coefficient (Wildman–Crippen LogP) is 3.65. The molecule has 29 heavy (non-hydrogen) atoms. The topological polar surface area (TPSA) is 55.8 Å². The number of halogens is 1. The van der Waals surface area contributed by atoms with E-state index in [-0.39, 0.29) is 24.0 Å². The van der Waals surface area contributed by atoms with Crippen molar-refractivity contribution >= 4 is 35.8 Å². The Morgan fingerprint density at radius 1 is 1.21 bits per heavy atom. The zero-order valence-corrected chi connectivity index (χ0v) is 21.4. The fourth-order valence-electron chi connectivity index (χ4n) is 3.93. The zero-order chi connectivity index (χ0) is 20.5. The molecule has 0 amide bonds. The monoisotopic (exact) mass is 516 g/mol. The number of guanidine groups is 1. The van der Waals surface area contributed by atoms with Crippen LogP contribution in [-0.4, -0.2) is 67.2 Å². The Kier molecular flexibility index (Phi) is 11.9. The van der Waals surface area contributed by atoms with Gasteiger partial charge < -0.3 is 15.5 Å². The molecule has 2 N–H and O–H groups in total. The third-order valence-corrected chi connectivity index (χ3v) is 5.47. The number of hydrogen-bond donors (Lipinski definition) is 2. The maximum absolute atomic E-state index is 4.65. The molecule has 0 spiro atoms. The largest absolute Gasteiger partial charge is 0.356 e. The molecule has 1 aliphatic heterocycles. The highest BCUT2D eigenvalue weighted by atomic mass is 127. The highest BCUT2D eigenvalue weighted by Crippen LogP contribution is 2.18. The molecule has 2 heterocycles. The lowest BCUT2D eigenvalue weighted by Gasteiger charge is -2.34. The fourth-order valence-corrected chi connectivity index (χ4v) is 3.93. The van der Waals surface area contributed by atoms with Gasteiger partial charge in [-0.3, -0.25) is 9.89 Å². The Morgan fingerprint density at radius 2 is 1.86 bits per heavy atom. The van der Waals surface area contributed by atoms with Gasteiger partial charge in [0.1, 0.15) is 5.82 Å². The SMILES string of the molecule is CN=C(NCCCN(C(C)C)C(C)C)NC1CCN(c2cccc(C)n2)CC1.I. The number of rotatable bonds is 8. The molecule has 1 fully saturated rings. The lowest BCUT2D eigenvalue weighted by atomic mass is 10.1. The minimum Gasteiger partial charge on any atom is -0.356 e. The molecule has 1 aromatic heterocycles. The number of aromatic nitrogens is 1. The van der Waals surface area contributed by atoms with Crippen molar-refractivity contribution in [3.05, 3.63) is 23.9 Å². The maximum atomic E-state index is 4.65. The number of anilines is 1. The Bertz CT molecular complexity index is 603. The molecule has 6 nitrogen and oxygen atoms in total. The first-order chi connectivity index (χ1) is 13.4. The molecule has 1 aliphatic rings. The molecule has 0 saturated carbocycles. The number of piperidine rings is 1. The van der Waals surface area contributed by atoms with Gasteiger partial charge in [-0.25, -0.2) is 4.98 Å². The number of nitrogens with zero attached hydrogens (tertiary/aromatic N) is 4. The van der Waals surface area contributed by atoms with Crippen LogP contribution in [0, 0.1) is 6.92 Å². The van der Waals surface area contributed by atoms with E-state index < -0.39 is 0 Å². The summed E-state index contributed by atoms with van der Waals surface area (Å²) >= 11 is 0. The Labute approximate surface area is 195 Å². The first-order valence-electron chi connectivity index (χ1n) is 10.8. The van der Waals surface area contributed by atoms with Crippen molar-refractivity contribution < 1.29 is 0 Å². The highest BCUT2D eigenvalue weighted by Gasteiger charge is 2.21. The minimum atomic E-state index is 0. The van der Waals surface area contributed by atoms with E-state index in [1.165, 1.54) is 0 Å². The minimum absolute atomic E-state index is 0. The van der Waals surface area contributed by atoms with Crippen molar-refractivity contribution in [3.63, 3.8) is 0 Å². The van der Waals surface area contributed by atoms with E-state index in [0.717, 1.165) is 62.9 Å². The van der Waals surface area contributed by atoms with Crippen LogP contribution in [0.1, 0.15) is 52.7 Å². The summed E-state index contributed by atoms with van der Waals surface area (Å²) in [6, 6.07) is 7.90. The van der Waals surface area contributed by atoms with Gasteiger partial charge in [0.15, 0.2) is 5.96 Å². The Hall–Kier alpha value is -1.09. The average Bonchev–Trinajstić information content (AvgIpc) is 2.66. The molecule has 0 aromatic carbocycles. The van der Waals surface area contributed by atoms with E-state index in [1.54, 1.807) is 0 Å². The third kappa shape index (κ3) is 8.66. The number of pyridine rings is 1. The van der Waals surface area contributed by atoms with Crippen molar-refractivity contribution in [3.8, 4) is 0 Å². The first kappa shape index (κ1) is 25.9. The highest BCUT2D eigenvalue weighted by molar-refractivity contribution is 14.0. The van der Waals surface area contributed by atoms with Gasteiger partial charge in [0.05, 0.1) is 0 Å². The summed E-state index contributed by atoms with van der Waals surface area (Å²) in [5.74, 6) is 2.02. The lowest BCUT2D eigenvalue weighted by Crippen LogP contribution is -2.49. The van der Waals surface area contributed by atoms with E-state index in [0.29, 0.717) is 18.1 Å². The van der Waals surface area contributed by atoms with E-state index in [2.05, 4.69) is 83.2 Å². The van der Waals surface area contributed by atoms with E-state index in [1.807, 2.05) is 7.05 Å². The molecule has 0 bridgehead atoms. The fraction of sp³-hybridized carbons (Fsp3) is 0.727. The van der Waals surface area contributed by atoms with E-state index in [9.17, 15) is 0 Å². The van der Waals surface area contributed by atoms with Gasteiger partial charge in [-0.15, -0.1) is 24.0 Å². The average molecular weight is 517 g/mol. The van der Waals surface area contributed by atoms with Gasteiger partial charge in [-0.05, 0) is 66.0 Å². The predicted molar refractivity (Wildman–Crippen MR) is 136 cm³/mol. The first-order valence-corrected chi connectivity index (χ1v) is 10.8. The van der Waals surface area contributed by atoms with Crippen molar-refractivity contribution in [1.29, 1.82) is 0 Å². The Morgan fingerprint density at radius 3 is 2.41 bits per heavy atom. The zero-order valence-electron chi connectivity index (χ0n) is 19.1. The van der Waals surface area contributed by atoms with Gasteiger partial charge in [0.25, 0.3) is 0 Å². The molecule has 0 radical (unpaired) electrons. The number of aryl methyl sites for hydroxylation is 1. The normalized spacial score (nSPS) is 15.8. The van der Waals surface area contributed by atoms with Crippen LogP contribution < -0.4 is 15.5 Å². The number of aliphatic imine (C=N–C) groups is 1. The molecule has 0 aliphatic carbocycles. The van der Waals surface area contributed by atoms with E-state index in [4.69, 9.17) is 0 Å². The van der Waals surface area contributed by atoms with Crippen molar-refractivity contribution in [2.45, 2.75) is 72.0 Å². The van der Waals surface area contributed by atoms with Gasteiger partial charge in [-0.2, -0.15) is 0 Å². The summed E-state index contributed by atoms with van der Waals surface area (Å²) in [6.45, 7) is 15.3. The second-order valence-corrected chi connectivity index (χ2v) is 8.32. The van der Waals surface area contributed by atoms with Crippen LogP contribution in [0.3, 0.4) is 0 Å². The molecule has 1 aromatic rings. The van der Waals surface area contributed by atoms with Gasteiger partial charge >= 0.3 is 0 Å². The van der Waals surface area contributed by atoms with Gasteiger partial charge in [0.2, 0.25) is 0 Å². The summed E-state index contributed by atoms with van der Waals surface area (Å²) in [7, 11) is 1.86. The lowest BCUT2D eigenvalue weighted by molar-refractivity contribution is 0.173. The van der Waals surface area contributed by atoms with Crippen molar-refractivity contribution in [1.82, 2.24) is 20.5 Å². The van der Waals surface area contributed by atoms with Crippen LogP contribution in [0.5, 0.6) is 0 Å². The molecule has 1 saturated heterocycles. The van der Waals surface area contributed by atoms with Gasteiger partial charge in [-0.1, -0.05) is 6.07 Å². The maximum Gasteiger partial charge on any atom is 0.191 e. The standard InChI is InChI=1S/C22H40N6.HI/c1-17(2)28(18(3)4)14-8-13-24-22(23-6)26-20-11-15-27(16-12-20)21-10-7-9-19(5)25-21;/h7,9-10,17-18,20H,8,11-16H2,1-6H3,(H2,23,24,26);1H. The summed E-state index contributed by atoms with van der Waals surface area (Å²) in [4.78, 5) is 14.0. The van der Waals surface area contributed by atoms with Crippen LogP contribution in [-0.2, 0) is 0 Å². The number of nitrogens with one attached hydrogen (secondary N) is 2. The second kappa shape index (κ2) is 13.3. The summed E-state index contributed by atoms with van der Waals surface area (Å²) < 4.78 is 0. The molecule has 7 heteroatoms. The quantitative estimate of drug-likeness (QED) is 0.239. The van der Waals surface area contributed by atoms with Crippen molar-refractivity contribution in [2.24, 2.45) is 4.99 Å². The Balaban J connectivity index is 0.00000420. The van der Waals surface area contributed by atoms with Crippen LogP contribution >= 0.6 is 24.0 Å². The molecule has 0 atom stereocenters.